The van der Waals surface area contributed by atoms with E-state index in [1.54, 1.807) is 43.5 Å². The van der Waals surface area contributed by atoms with Gasteiger partial charge < -0.3 is 14.8 Å². The summed E-state index contributed by atoms with van der Waals surface area (Å²) in [6.07, 6.45) is -1.02. The van der Waals surface area contributed by atoms with Gasteiger partial charge in [0, 0.05) is 12.1 Å². The average molecular weight is 495 g/mol. The molecule has 1 amide bonds. The van der Waals surface area contributed by atoms with Crippen molar-refractivity contribution in [2.45, 2.75) is 43.7 Å². The maximum atomic E-state index is 13.7. The number of nitrogens with one attached hydrogen (secondary N) is 1. The van der Waals surface area contributed by atoms with E-state index >= 15 is 0 Å². The molecule has 1 aliphatic rings. The average Bonchev–Trinajstić information content (AvgIpc) is 2.86. The molecule has 0 bridgehead atoms. The molecule has 0 saturated carbocycles. The van der Waals surface area contributed by atoms with Crippen molar-refractivity contribution < 1.29 is 22.7 Å². The predicted octanol–water partition coefficient (Wildman–Crippen LogP) is 4.27. The van der Waals surface area contributed by atoms with E-state index in [1.165, 1.54) is 4.31 Å². The number of anilines is 1. The minimum Gasteiger partial charge on any atom is -0.496 e. The molecule has 3 aromatic rings. The van der Waals surface area contributed by atoms with Crippen molar-refractivity contribution in [1.82, 2.24) is 5.32 Å². The number of amides is 1. The van der Waals surface area contributed by atoms with Crippen LogP contribution in [0.2, 0.25) is 0 Å². The molecule has 0 spiro atoms. The third-order valence-corrected chi connectivity index (χ3v) is 7.76. The number of nitrogens with zero attached hydrogens (tertiary/aromatic N) is 1. The lowest BCUT2D eigenvalue weighted by atomic mass is 9.86. The zero-order chi connectivity index (χ0) is 25.2. The molecule has 1 N–H and O–H groups in total. The summed E-state index contributed by atoms with van der Waals surface area (Å²) >= 11 is 0. The van der Waals surface area contributed by atoms with Gasteiger partial charge >= 0.3 is 0 Å². The number of methoxy groups -OCH3 is 1. The molecule has 1 aliphatic heterocycles. The highest BCUT2D eigenvalue weighted by atomic mass is 32.2. The van der Waals surface area contributed by atoms with E-state index in [-0.39, 0.29) is 23.4 Å². The Hall–Kier alpha value is -3.52. The Bertz CT molecular complexity index is 1320. The molecule has 184 valence electrons. The number of rotatable bonds is 6. The monoisotopic (exact) mass is 494 g/mol. The smallest absolute Gasteiger partial charge is 0.264 e. The molecule has 0 fully saturated rings. The van der Waals surface area contributed by atoms with Gasteiger partial charge in [0.2, 0.25) is 0 Å². The molecule has 0 aliphatic carbocycles. The van der Waals surface area contributed by atoms with Gasteiger partial charge in [0.1, 0.15) is 11.5 Å². The molecule has 1 heterocycles. The van der Waals surface area contributed by atoms with Crippen LogP contribution < -0.4 is 19.1 Å². The predicted molar refractivity (Wildman–Crippen MR) is 135 cm³/mol. The Kier molecular flexibility index (Phi) is 6.76. The van der Waals surface area contributed by atoms with Crippen LogP contribution in [0.5, 0.6) is 11.5 Å². The maximum Gasteiger partial charge on any atom is 0.264 e. The first kappa shape index (κ1) is 24.6. The van der Waals surface area contributed by atoms with Crippen molar-refractivity contribution in [3.8, 4) is 11.5 Å². The first-order valence-corrected chi connectivity index (χ1v) is 12.8. The summed E-state index contributed by atoms with van der Waals surface area (Å²) in [4.78, 5) is 13.3. The van der Waals surface area contributed by atoms with Crippen molar-refractivity contribution in [2.24, 2.45) is 0 Å². The van der Waals surface area contributed by atoms with Crippen LogP contribution in [0.1, 0.15) is 31.9 Å². The van der Waals surface area contributed by atoms with Crippen molar-refractivity contribution in [3.05, 3.63) is 83.9 Å². The van der Waals surface area contributed by atoms with Crippen LogP contribution in [0.25, 0.3) is 0 Å². The highest BCUT2D eigenvalue weighted by Crippen LogP contribution is 2.40. The number of ether oxygens (including phenoxy) is 2. The van der Waals surface area contributed by atoms with E-state index in [4.69, 9.17) is 9.47 Å². The normalized spacial score (nSPS) is 15.7. The number of sulfonamides is 1. The molecule has 0 unspecified atom stereocenters. The van der Waals surface area contributed by atoms with Crippen molar-refractivity contribution in [1.29, 1.82) is 0 Å². The number of hydrogen-bond acceptors (Lipinski definition) is 5. The molecule has 4 rings (SSSR count). The number of carbonyl (C=O) groups excluding carboxylic acids is 1. The van der Waals surface area contributed by atoms with Crippen LogP contribution in [0.15, 0.2) is 77.7 Å². The van der Waals surface area contributed by atoms with Crippen LogP contribution in [-0.4, -0.2) is 34.1 Å². The van der Waals surface area contributed by atoms with Crippen molar-refractivity contribution >= 4 is 21.6 Å². The zero-order valence-corrected chi connectivity index (χ0v) is 21.1. The summed E-state index contributed by atoms with van der Waals surface area (Å²) in [7, 11) is -2.36. The summed E-state index contributed by atoms with van der Waals surface area (Å²) in [5.74, 6) is 0.599. The van der Waals surface area contributed by atoms with E-state index in [2.05, 4.69) is 26.1 Å². The molecule has 7 nitrogen and oxygen atoms in total. The Morgan fingerprint density at radius 3 is 2.43 bits per heavy atom. The maximum absolute atomic E-state index is 13.7. The van der Waals surface area contributed by atoms with Crippen molar-refractivity contribution in [3.63, 3.8) is 0 Å². The minimum atomic E-state index is -3.93. The second kappa shape index (κ2) is 9.62. The standard InChI is InChI=1S/C27H30N2O5S/c1-27(2,3)20-14-15-24-22(16-20)29(35(31,32)21-11-6-5-7-12-21)18-25(34-24)26(30)28-17-19-10-8-9-13-23(19)33-4/h5-16,25H,17-18H2,1-4H3,(H,28,30)/t25-/m1/s1. The van der Waals surface area contributed by atoms with Gasteiger partial charge in [0.25, 0.3) is 15.9 Å². The number of hydrogen-bond donors (Lipinski definition) is 1. The molecule has 1 atom stereocenters. The fraction of sp³-hybridized carbons (Fsp3) is 0.296. The largest absolute Gasteiger partial charge is 0.496 e. The van der Waals surface area contributed by atoms with E-state index in [0.717, 1.165) is 11.1 Å². The molecular formula is C27H30N2O5S. The first-order valence-electron chi connectivity index (χ1n) is 11.4. The third-order valence-electron chi connectivity index (χ3n) is 5.96. The van der Waals surface area contributed by atoms with Gasteiger partial charge in [0.15, 0.2) is 6.10 Å². The highest BCUT2D eigenvalue weighted by molar-refractivity contribution is 7.92. The summed E-state index contributed by atoms with van der Waals surface area (Å²) in [5.41, 5.74) is 2.01. The van der Waals surface area contributed by atoms with E-state index in [0.29, 0.717) is 17.2 Å². The fourth-order valence-electron chi connectivity index (χ4n) is 3.95. The number of fused-ring (bicyclic) bond motifs is 1. The Morgan fingerprint density at radius 2 is 1.74 bits per heavy atom. The van der Waals surface area contributed by atoms with E-state index < -0.39 is 22.0 Å². The molecular weight excluding hydrogens is 464 g/mol. The van der Waals surface area contributed by atoms with Crippen LogP contribution in [0.4, 0.5) is 5.69 Å². The molecule has 0 aromatic heterocycles. The van der Waals surface area contributed by atoms with Crippen molar-refractivity contribution in [2.75, 3.05) is 18.0 Å². The van der Waals surface area contributed by atoms with E-state index in [1.807, 2.05) is 36.4 Å². The summed E-state index contributed by atoms with van der Waals surface area (Å²) in [5, 5.41) is 2.86. The Balaban J connectivity index is 1.67. The minimum absolute atomic E-state index is 0.143. The van der Waals surface area contributed by atoms with Crippen LogP contribution in [-0.2, 0) is 26.8 Å². The molecule has 0 radical (unpaired) electrons. The van der Waals surface area contributed by atoms with Gasteiger partial charge in [-0.15, -0.1) is 0 Å². The fourth-order valence-corrected chi connectivity index (χ4v) is 5.44. The summed E-state index contributed by atoms with van der Waals surface area (Å²) < 4.78 is 40.0. The van der Waals surface area contributed by atoms with Gasteiger partial charge in [-0.3, -0.25) is 9.10 Å². The topological polar surface area (TPSA) is 84.9 Å². The quantitative estimate of drug-likeness (QED) is 0.553. The first-order chi connectivity index (χ1) is 16.6. The summed E-state index contributed by atoms with van der Waals surface area (Å²) in [6, 6.07) is 21.1. The Labute approximate surface area is 206 Å². The van der Waals surface area contributed by atoms with Gasteiger partial charge in [-0.1, -0.05) is 63.2 Å². The number of benzene rings is 3. The Morgan fingerprint density at radius 1 is 1.06 bits per heavy atom. The van der Waals surface area contributed by atoms with Gasteiger partial charge in [-0.25, -0.2) is 8.42 Å². The lowest BCUT2D eigenvalue weighted by molar-refractivity contribution is -0.127. The molecule has 0 saturated heterocycles. The van der Waals surface area contributed by atoms with Gasteiger partial charge in [-0.05, 0) is 41.3 Å². The van der Waals surface area contributed by atoms with Crippen LogP contribution in [0, 0.1) is 0 Å². The zero-order valence-electron chi connectivity index (χ0n) is 20.3. The summed E-state index contributed by atoms with van der Waals surface area (Å²) in [6.45, 7) is 6.26. The van der Waals surface area contributed by atoms with Crippen LogP contribution >= 0.6 is 0 Å². The molecule has 35 heavy (non-hydrogen) atoms. The van der Waals surface area contributed by atoms with Gasteiger partial charge in [0.05, 0.1) is 24.2 Å². The molecule has 3 aromatic carbocycles. The lowest BCUT2D eigenvalue weighted by Crippen LogP contribution is -2.50. The second-order valence-electron chi connectivity index (χ2n) is 9.42. The third kappa shape index (κ3) is 5.12. The molecule has 8 heteroatoms. The number of para-hydroxylation sites is 1. The lowest BCUT2D eigenvalue weighted by Gasteiger charge is -2.36. The second-order valence-corrected chi connectivity index (χ2v) is 11.3. The number of carbonyl (C=O) groups is 1. The van der Waals surface area contributed by atoms with Crippen LogP contribution in [0.3, 0.4) is 0 Å². The SMILES string of the molecule is COc1ccccc1CNC(=O)[C@H]1CN(S(=O)(=O)c2ccccc2)c2cc(C(C)(C)C)ccc2O1. The highest BCUT2D eigenvalue weighted by Gasteiger charge is 2.38. The van der Waals surface area contributed by atoms with E-state index in [9.17, 15) is 13.2 Å². The van der Waals surface area contributed by atoms with Gasteiger partial charge in [-0.2, -0.15) is 0 Å².